The van der Waals surface area contributed by atoms with E-state index in [1.807, 2.05) is 18.2 Å². The van der Waals surface area contributed by atoms with Crippen LogP contribution in [-0.4, -0.2) is 39.0 Å². The number of thioether (sulfide) groups is 1. The van der Waals surface area contributed by atoms with Crippen LogP contribution < -0.4 is 10.1 Å². The van der Waals surface area contributed by atoms with Crippen LogP contribution in [0.3, 0.4) is 0 Å². The third-order valence-electron chi connectivity index (χ3n) is 2.35. The minimum absolute atomic E-state index is 0.0367. The zero-order valence-electron chi connectivity index (χ0n) is 11.1. The first-order valence-corrected chi connectivity index (χ1v) is 7.78. The van der Waals surface area contributed by atoms with E-state index in [0.29, 0.717) is 18.9 Å². The fourth-order valence-corrected chi connectivity index (χ4v) is 2.80. The van der Waals surface area contributed by atoms with Gasteiger partial charge in [-0.05, 0) is 33.6 Å². The van der Waals surface area contributed by atoms with Gasteiger partial charge in [0, 0.05) is 19.4 Å². The van der Waals surface area contributed by atoms with E-state index in [2.05, 4.69) is 21.2 Å². The smallest absolute Gasteiger partial charge is 0.230 e. The lowest BCUT2D eigenvalue weighted by atomic mass is 10.2. The molecule has 1 aromatic carbocycles. The number of hydrogen-bond donors (Lipinski definition) is 1. The number of nitrogens with one attached hydrogen (secondary N) is 1. The first kappa shape index (κ1) is 16.3. The molecule has 1 rings (SSSR count). The predicted molar refractivity (Wildman–Crippen MR) is 81.7 cm³/mol. The molecule has 19 heavy (non-hydrogen) atoms. The number of carbonyl (C=O) groups is 1. The summed E-state index contributed by atoms with van der Waals surface area (Å²) in [5.41, 5.74) is 1.15. The summed E-state index contributed by atoms with van der Waals surface area (Å²) < 4.78 is 11.0. The van der Waals surface area contributed by atoms with E-state index in [9.17, 15) is 4.79 Å². The normalized spacial score (nSPS) is 10.3. The molecule has 0 aliphatic rings. The predicted octanol–water partition coefficient (Wildman–Crippen LogP) is 2.45. The van der Waals surface area contributed by atoms with E-state index in [4.69, 9.17) is 9.47 Å². The van der Waals surface area contributed by atoms with Crippen LogP contribution in [0.4, 0.5) is 0 Å². The van der Waals surface area contributed by atoms with Gasteiger partial charge in [0.25, 0.3) is 0 Å². The summed E-state index contributed by atoms with van der Waals surface area (Å²) in [7, 11) is 3.25. The Morgan fingerprint density at radius 3 is 2.84 bits per heavy atom. The molecule has 0 aliphatic carbocycles. The lowest BCUT2D eigenvalue weighted by molar-refractivity contribution is -0.118. The van der Waals surface area contributed by atoms with Crippen molar-refractivity contribution < 1.29 is 14.3 Å². The quantitative estimate of drug-likeness (QED) is 0.733. The number of hydrogen-bond acceptors (Lipinski definition) is 4. The molecule has 1 aromatic rings. The number of ether oxygens (including phenoxy) is 2. The molecule has 106 valence electrons. The van der Waals surface area contributed by atoms with Crippen molar-refractivity contribution in [2.45, 2.75) is 5.75 Å². The van der Waals surface area contributed by atoms with Crippen LogP contribution in [0.25, 0.3) is 0 Å². The highest BCUT2D eigenvalue weighted by Gasteiger charge is 2.04. The molecule has 0 aliphatic heterocycles. The number of methoxy groups -OCH3 is 2. The van der Waals surface area contributed by atoms with E-state index < -0.39 is 0 Å². The van der Waals surface area contributed by atoms with Gasteiger partial charge in [0.05, 0.1) is 23.9 Å². The van der Waals surface area contributed by atoms with E-state index in [-0.39, 0.29) is 5.91 Å². The Morgan fingerprint density at radius 2 is 2.21 bits per heavy atom. The van der Waals surface area contributed by atoms with Crippen LogP contribution in [-0.2, 0) is 15.3 Å². The van der Waals surface area contributed by atoms with Crippen molar-refractivity contribution in [1.29, 1.82) is 0 Å². The van der Waals surface area contributed by atoms with Crippen molar-refractivity contribution in [2.24, 2.45) is 0 Å². The molecule has 0 heterocycles. The summed E-state index contributed by atoms with van der Waals surface area (Å²) in [5.74, 6) is 2.09. The molecule has 0 bridgehead atoms. The average Bonchev–Trinajstić information content (AvgIpc) is 2.39. The van der Waals surface area contributed by atoms with Crippen molar-refractivity contribution in [3.63, 3.8) is 0 Å². The molecule has 4 nitrogen and oxygen atoms in total. The lowest BCUT2D eigenvalue weighted by Crippen LogP contribution is -2.28. The van der Waals surface area contributed by atoms with Gasteiger partial charge in [0.1, 0.15) is 5.75 Å². The van der Waals surface area contributed by atoms with E-state index in [1.165, 1.54) is 0 Å². The van der Waals surface area contributed by atoms with Gasteiger partial charge in [-0.1, -0.05) is 6.07 Å². The lowest BCUT2D eigenvalue weighted by Gasteiger charge is -2.07. The number of halogens is 1. The standard InChI is InChI=1S/C13H18BrNO3S/c1-17-6-5-15-13(16)9-19-8-10-3-4-12(18-2)11(14)7-10/h3-4,7H,5-6,8-9H2,1-2H3,(H,15,16). The number of rotatable bonds is 8. The van der Waals surface area contributed by atoms with E-state index in [1.54, 1.807) is 26.0 Å². The number of amides is 1. The minimum atomic E-state index is 0.0367. The van der Waals surface area contributed by atoms with Crippen molar-refractivity contribution in [1.82, 2.24) is 5.32 Å². The van der Waals surface area contributed by atoms with Crippen LogP contribution in [0, 0.1) is 0 Å². The van der Waals surface area contributed by atoms with Gasteiger partial charge in [-0.15, -0.1) is 11.8 Å². The Balaban J connectivity index is 2.29. The Labute approximate surface area is 126 Å². The maximum atomic E-state index is 11.5. The van der Waals surface area contributed by atoms with Crippen molar-refractivity contribution in [3.05, 3.63) is 28.2 Å². The molecule has 0 radical (unpaired) electrons. The third-order valence-corrected chi connectivity index (χ3v) is 3.97. The first-order valence-electron chi connectivity index (χ1n) is 5.83. The van der Waals surface area contributed by atoms with Crippen molar-refractivity contribution >= 4 is 33.6 Å². The Hall–Kier alpha value is -0.720. The Morgan fingerprint density at radius 1 is 1.42 bits per heavy atom. The van der Waals surface area contributed by atoms with Gasteiger partial charge in [-0.2, -0.15) is 0 Å². The molecule has 0 spiro atoms. The largest absolute Gasteiger partial charge is 0.496 e. The summed E-state index contributed by atoms with van der Waals surface area (Å²) in [6, 6.07) is 5.92. The monoisotopic (exact) mass is 347 g/mol. The van der Waals surface area contributed by atoms with Gasteiger partial charge in [0.2, 0.25) is 5.91 Å². The third kappa shape index (κ3) is 6.31. The summed E-state index contributed by atoms with van der Waals surface area (Å²) in [4.78, 5) is 11.5. The molecule has 0 saturated carbocycles. The highest BCUT2D eigenvalue weighted by Crippen LogP contribution is 2.27. The van der Waals surface area contributed by atoms with Gasteiger partial charge in [-0.25, -0.2) is 0 Å². The van der Waals surface area contributed by atoms with Crippen LogP contribution in [0.15, 0.2) is 22.7 Å². The van der Waals surface area contributed by atoms with Gasteiger partial charge < -0.3 is 14.8 Å². The molecule has 0 fully saturated rings. The molecule has 0 aromatic heterocycles. The summed E-state index contributed by atoms with van der Waals surface area (Å²) in [6.45, 7) is 1.10. The molecule has 1 N–H and O–H groups in total. The van der Waals surface area contributed by atoms with Gasteiger partial charge in [0.15, 0.2) is 0 Å². The molecule has 0 atom stereocenters. The van der Waals surface area contributed by atoms with E-state index >= 15 is 0 Å². The minimum Gasteiger partial charge on any atom is -0.496 e. The Bertz CT molecular complexity index is 415. The second-order valence-electron chi connectivity index (χ2n) is 3.80. The number of carbonyl (C=O) groups excluding carboxylic acids is 1. The molecule has 0 unspecified atom stereocenters. The molecule has 0 saturated heterocycles. The summed E-state index contributed by atoms with van der Waals surface area (Å²) in [5, 5.41) is 2.79. The molecular weight excluding hydrogens is 330 g/mol. The second kappa shape index (κ2) is 9.23. The second-order valence-corrected chi connectivity index (χ2v) is 5.64. The Kier molecular flexibility index (Phi) is 7.93. The average molecular weight is 348 g/mol. The maximum Gasteiger partial charge on any atom is 0.230 e. The molecule has 6 heteroatoms. The first-order chi connectivity index (χ1) is 9.17. The van der Waals surface area contributed by atoms with Gasteiger partial charge >= 0.3 is 0 Å². The van der Waals surface area contributed by atoms with E-state index in [0.717, 1.165) is 21.5 Å². The molecular formula is C13H18BrNO3S. The zero-order valence-corrected chi connectivity index (χ0v) is 13.5. The summed E-state index contributed by atoms with van der Waals surface area (Å²) in [6.07, 6.45) is 0. The van der Waals surface area contributed by atoms with Crippen molar-refractivity contribution in [2.75, 3.05) is 33.1 Å². The number of benzene rings is 1. The maximum absolute atomic E-state index is 11.5. The zero-order chi connectivity index (χ0) is 14.1. The van der Waals surface area contributed by atoms with Crippen LogP contribution >= 0.6 is 27.7 Å². The van der Waals surface area contributed by atoms with Gasteiger partial charge in [-0.3, -0.25) is 4.79 Å². The molecule has 1 amide bonds. The van der Waals surface area contributed by atoms with Crippen molar-refractivity contribution in [3.8, 4) is 5.75 Å². The van der Waals surface area contributed by atoms with Crippen LogP contribution in [0.5, 0.6) is 5.75 Å². The highest BCUT2D eigenvalue weighted by atomic mass is 79.9. The topological polar surface area (TPSA) is 47.6 Å². The fourth-order valence-electron chi connectivity index (χ4n) is 1.40. The summed E-state index contributed by atoms with van der Waals surface area (Å²) >= 11 is 5.02. The van der Waals surface area contributed by atoms with Crippen LogP contribution in [0.2, 0.25) is 0 Å². The van der Waals surface area contributed by atoms with Crippen LogP contribution in [0.1, 0.15) is 5.56 Å². The highest BCUT2D eigenvalue weighted by molar-refractivity contribution is 9.10. The fraction of sp³-hybridized carbons (Fsp3) is 0.462. The SMILES string of the molecule is COCCNC(=O)CSCc1ccc(OC)c(Br)c1.